The maximum Gasteiger partial charge on any atom is 0.323 e. The summed E-state index contributed by atoms with van der Waals surface area (Å²) in [5, 5.41) is 9.49. The molecule has 0 aliphatic carbocycles. The van der Waals surface area contributed by atoms with Crippen LogP contribution >= 0.6 is 0 Å². The van der Waals surface area contributed by atoms with Gasteiger partial charge in [0.25, 0.3) is 5.91 Å². The highest BCUT2D eigenvalue weighted by molar-refractivity contribution is 5.96. The van der Waals surface area contributed by atoms with Crippen LogP contribution in [0.4, 0.5) is 0 Å². The zero-order valence-corrected chi connectivity index (χ0v) is 23.1. The van der Waals surface area contributed by atoms with Crippen LogP contribution in [0.5, 0.6) is 17.2 Å². The van der Waals surface area contributed by atoms with Gasteiger partial charge < -0.3 is 23.9 Å². The molecule has 42 heavy (non-hydrogen) atoms. The van der Waals surface area contributed by atoms with E-state index < -0.39 is 18.4 Å². The standard InChI is InChI=1S/C34H30N2O6/c1-24-31(35-33(41-24)26-10-4-2-5-11-26)19-20-40-30-14-8-9-25(21-30)22-36(23-32(37)38)34(39)27-15-17-29(18-16-27)42-28-12-6-3-7-13-28/h2-18,21H,19-20,22-23H2,1H3,(H,37,38). The average molecular weight is 563 g/mol. The van der Waals surface area contributed by atoms with Gasteiger partial charge in [-0.3, -0.25) is 9.59 Å². The number of carboxylic acids is 1. The number of rotatable bonds is 12. The van der Waals surface area contributed by atoms with E-state index in [2.05, 4.69) is 4.98 Å². The molecule has 0 radical (unpaired) electrons. The first kappa shape index (κ1) is 28.2. The van der Waals surface area contributed by atoms with Crippen molar-refractivity contribution >= 4 is 11.9 Å². The average Bonchev–Trinajstić information content (AvgIpc) is 3.38. The predicted molar refractivity (Wildman–Crippen MR) is 158 cm³/mol. The van der Waals surface area contributed by atoms with Crippen LogP contribution < -0.4 is 9.47 Å². The Hall–Kier alpha value is -5.37. The Morgan fingerprint density at radius 3 is 2.21 bits per heavy atom. The molecule has 4 aromatic carbocycles. The van der Waals surface area contributed by atoms with Gasteiger partial charge in [0.1, 0.15) is 29.6 Å². The Morgan fingerprint density at radius 1 is 0.833 bits per heavy atom. The molecule has 1 amide bonds. The SMILES string of the molecule is Cc1oc(-c2ccccc2)nc1CCOc1cccc(CN(CC(=O)O)C(=O)c2ccc(Oc3ccccc3)cc2)c1. The molecule has 5 rings (SSSR count). The Labute approximate surface area is 243 Å². The molecule has 0 aliphatic heterocycles. The molecule has 0 unspecified atom stereocenters. The zero-order chi connectivity index (χ0) is 29.3. The van der Waals surface area contributed by atoms with Crippen LogP contribution in [0.25, 0.3) is 11.5 Å². The molecular formula is C34H30N2O6. The Balaban J connectivity index is 1.21. The maximum atomic E-state index is 13.3. The van der Waals surface area contributed by atoms with Gasteiger partial charge in [-0.05, 0) is 73.2 Å². The lowest BCUT2D eigenvalue weighted by Gasteiger charge is -2.21. The topological polar surface area (TPSA) is 102 Å². The van der Waals surface area contributed by atoms with E-state index in [1.165, 1.54) is 4.90 Å². The molecule has 0 saturated heterocycles. The third-order valence-electron chi connectivity index (χ3n) is 6.49. The van der Waals surface area contributed by atoms with Crippen LogP contribution in [-0.4, -0.2) is 40.0 Å². The molecule has 0 bridgehead atoms. The lowest BCUT2D eigenvalue weighted by atomic mass is 10.1. The number of benzene rings is 4. The summed E-state index contributed by atoms with van der Waals surface area (Å²) in [5.74, 6) is 1.69. The first-order valence-corrected chi connectivity index (χ1v) is 13.5. The number of aromatic nitrogens is 1. The number of para-hydroxylation sites is 1. The number of oxazole rings is 1. The summed E-state index contributed by atoms with van der Waals surface area (Å²) in [5.41, 5.74) is 2.85. The van der Waals surface area contributed by atoms with E-state index in [-0.39, 0.29) is 6.54 Å². The second kappa shape index (κ2) is 13.3. The number of hydrogen-bond acceptors (Lipinski definition) is 6. The van der Waals surface area contributed by atoms with Gasteiger partial charge in [0.2, 0.25) is 5.89 Å². The van der Waals surface area contributed by atoms with Crippen LogP contribution in [0.15, 0.2) is 114 Å². The second-order valence-corrected chi connectivity index (χ2v) is 9.63. The molecule has 212 valence electrons. The van der Waals surface area contributed by atoms with Crippen molar-refractivity contribution in [3.8, 4) is 28.7 Å². The third kappa shape index (κ3) is 7.42. The number of ether oxygens (including phenoxy) is 2. The summed E-state index contributed by atoms with van der Waals surface area (Å²) in [4.78, 5) is 30.8. The van der Waals surface area contributed by atoms with Gasteiger partial charge in [0, 0.05) is 24.1 Å². The Bertz CT molecular complexity index is 1630. The number of carboxylic acid groups (broad SMARTS) is 1. The van der Waals surface area contributed by atoms with Gasteiger partial charge in [0.15, 0.2) is 0 Å². The van der Waals surface area contributed by atoms with E-state index in [9.17, 15) is 14.7 Å². The maximum absolute atomic E-state index is 13.3. The number of carbonyl (C=O) groups is 2. The number of carbonyl (C=O) groups excluding carboxylic acids is 1. The first-order chi connectivity index (χ1) is 20.4. The molecule has 1 aromatic heterocycles. The van der Waals surface area contributed by atoms with Crippen molar-refractivity contribution in [1.29, 1.82) is 0 Å². The van der Waals surface area contributed by atoms with Gasteiger partial charge in [0.05, 0.1) is 12.3 Å². The number of hydrogen-bond donors (Lipinski definition) is 1. The van der Waals surface area contributed by atoms with Gasteiger partial charge in [-0.2, -0.15) is 0 Å². The minimum atomic E-state index is -1.10. The van der Waals surface area contributed by atoms with E-state index in [0.29, 0.717) is 41.7 Å². The summed E-state index contributed by atoms with van der Waals surface area (Å²) in [7, 11) is 0. The first-order valence-electron chi connectivity index (χ1n) is 13.5. The van der Waals surface area contributed by atoms with Crippen LogP contribution in [0.1, 0.15) is 27.4 Å². The van der Waals surface area contributed by atoms with E-state index in [0.717, 1.165) is 22.6 Å². The number of aryl methyl sites for hydroxylation is 1. The normalized spacial score (nSPS) is 10.7. The van der Waals surface area contributed by atoms with E-state index in [1.807, 2.05) is 91.9 Å². The number of amides is 1. The van der Waals surface area contributed by atoms with E-state index in [4.69, 9.17) is 13.9 Å². The minimum Gasteiger partial charge on any atom is -0.493 e. The van der Waals surface area contributed by atoms with Crippen LogP contribution in [0.2, 0.25) is 0 Å². The highest BCUT2D eigenvalue weighted by Gasteiger charge is 2.20. The lowest BCUT2D eigenvalue weighted by Crippen LogP contribution is -2.35. The third-order valence-corrected chi connectivity index (χ3v) is 6.49. The number of aliphatic carboxylic acids is 1. The highest BCUT2D eigenvalue weighted by Crippen LogP contribution is 2.24. The van der Waals surface area contributed by atoms with Crippen molar-refractivity contribution in [3.63, 3.8) is 0 Å². The van der Waals surface area contributed by atoms with Gasteiger partial charge in [-0.25, -0.2) is 4.98 Å². The zero-order valence-electron chi connectivity index (χ0n) is 23.1. The summed E-state index contributed by atoms with van der Waals surface area (Å²) in [6, 6.07) is 32.9. The Morgan fingerprint density at radius 2 is 1.50 bits per heavy atom. The molecule has 0 saturated carbocycles. The number of nitrogens with zero attached hydrogens (tertiary/aromatic N) is 2. The Kier molecular flexibility index (Phi) is 8.94. The molecule has 0 spiro atoms. The van der Waals surface area contributed by atoms with Gasteiger partial charge >= 0.3 is 5.97 Å². The van der Waals surface area contributed by atoms with Crippen LogP contribution in [0, 0.1) is 6.92 Å². The lowest BCUT2D eigenvalue weighted by molar-refractivity contribution is -0.137. The van der Waals surface area contributed by atoms with E-state index >= 15 is 0 Å². The quantitative estimate of drug-likeness (QED) is 0.179. The predicted octanol–water partition coefficient (Wildman–Crippen LogP) is 6.79. The van der Waals surface area contributed by atoms with Gasteiger partial charge in [-0.15, -0.1) is 0 Å². The van der Waals surface area contributed by atoms with Crippen LogP contribution in [0.3, 0.4) is 0 Å². The van der Waals surface area contributed by atoms with Crippen molar-refractivity contribution in [2.75, 3.05) is 13.2 Å². The molecule has 1 heterocycles. The van der Waals surface area contributed by atoms with Crippen molar-refractivity contribution in [1.82, 2.24) is 9.88 Å². The monoisotopic (exact) mass is 562 g/mol. The summed E-state index contributed by atoms with van der Waals surface area (Å²) in [6.45, 7) is 1.92. The van der Waals surface area contributed by atoms with Crippen molar-refractivity contribution in [2.24, 2.45) is 0 Å². The molecule has 8 heteroatoms. The fraction of sp³-hybridized carbons (Fsp3) is 0.147. The molecule has 5 aromatic rings. The molecular weight excluding hydrogens is 532 g/mol. The summed E-state index contributed by atoms with van der Waals surface area (Å²) in [6.07, 6.45) is 0.556. The second-order valence-electron chi connectivity index (χ2n) is 9.63. The molecule has 8 nitrogen and oxygen atoms in total. The summed E-state index contributed by atoms with van der Waals surface area (Å²) < 4.78 is 17.6. The van der Waals surface area contributed by atoms with Crippen LogP contribution in [-0.2, 0) is 17.8 Å². The van der Waals surface area contributed by atoms with Crippen molar-refractivity contribution in [3.05, 3.63) is 132 Å². The molecule has 1 N–H and O–H groups in total. The molecule has 0 atom stereocenters. The van der Waals surface area contributed by atoms with Gasteiger partial charge in [-0.1, -0.05) is 48.5 Å². The van der Waals surface area contributed by atoms with E-state index in [1.54, 1.807) is 24.3 Å². The molecule has 0 aliphatic rings. The summed E-state index contributed by atoms with van der Waals surface area (Å²) >= 11 is 0. The van der Waals surface area contributed by atoms with Crippen molar-refractivity contribution in [2.45, 2.75) is 19.9 Å². The fourth-order valence-corrected chi connectivity index (χ4v) is 4.42. The minimum absolute atomic E-state index is 0.105. The smallest absolute Gasteiger partial charge is 0.323 e. The highest BCUT2D eigenvalue weighted by atomic mass is 16.5. The largest absolute Gasteiger partial charge is 0.493 e. The van der Waals surface area contributed by atoms with Crippen molar-refractivity contribution < 1.29 is 28.6 Å². The fourth-order valence-electron chi connectivity index (χ4n) is 4.42. The molecule has 0 fully saturated rings.